The summed E-state index contributed by atoms with van der Waals surface area (Å²) >= 11 is 0. The molecular formula is C29H33F2N5O2. The molecule has 0 radical (unpaired) electrons. The van der Waals surface area contributed by atoms with Gasteiger partial charge < -0.3 is 24.6 Å². The van der Waals surface area contributed by atoms with Crippen LogP contribution in [0.3, 0.4) is 0 Å². The fourth-order valence-electron chi connectivity index (χ4n) is 5.25. The number of likely N-dealkylation sites (tertiary alicyclic amines) is 1. The minimum atomic E-state index is -0.590. The predicted octanol–water partition coefficient (Wildman–Crippen LogP) is 6.10. The van der Waals surface area contributed by atoms with E-state index in [1.165, 1.54) is 6.07 Å². The number of fused-ring (bicyclic) bond motifs is 1. The molecule has 3 heterocycles. The molecule has 5 rings (SSSR count). The van der Waals surface area contributed by atoms with E-state index in [1.54, 1.807) is 13.2 Å². The molecule has 0 saturated carbocycles. The van der Waals surface area contributed by atoms with Gasteiger partial charge in [0.25, 0.3) is 0 Å². The summed E-state index contributed by atoms with van der Waals surface area (Å²) in [5.41, 5.74) is 3.33. The quantitative estimate of drug-likeness (QED) is 0.420. The molecule has 1 aromatic heterocycles. The topological polar surface area (TPSA) is 62.8 Å². The highest BCUT2D eigenvalue weighted by Crippen LogP contribution is 2.46. The van der Waals surface area contributed by atoms with E-state index in [9.17, 15) is 0 Å². The Balaban J connectivity index is 1.45. The van der Waals surface area contributed by atoms with Gasteiger partial charge in [0, 0.05) is 23.0 Å². The van der Waals surface area contributed by atoms with Gasteiger partial charge >= 0.3 is 0 Å². The maximum Gasteiger partial charge on any atom is 0.227 e. The van der Waals surface area contributed by atoms with Crippen molar-refractivity contribution in [3.63, 3.8) is 0 Å². The molecule has 0 bridgehead atoms. The van der Waals surface area contributed by atoms with Crippen LogP contribution in [0.2, 0.25) is 0 Å². The van der Waals surface area contributed by atoms with E-state index < -0.39 is 5.82 Å². The number of rotatable bonds is 6. The van der Waals surface area contributed by atoms with Crippen molar-refractivity contribution >= 4 is 17.3 Å². The molecule has 0 unspecified atom stereocenters. The first kappa shape index (κ1) is 25.9. The summed E-state index contributed by atoms with van der Waals surface area (Å²) in [7, 11) is 3.63. The third-order valence-corrected chi connectivity index (χ3v) is 7.19. The lowest BCUT2D eigenvalue weighted by molar-refractivity contribution is 0.253. The molecule has 3 aromatic rings. The van der Waals surface area contributed by atoms with Crippen LogP contribution in [0, 0.1) is 11.6 Å². The molecule has 7 nitrogen and oxygen atoms in total. The SMILES string of the molecule is C=C1COc2c(OC)cc(-c3nc(Nc4ccc(C5CCN(C)CC5)c(F)c4)ncc3F)cc2N1C(C)C. The Kier molecular flexibility index (Phi) is 7.21. The van der Waals surface area contributed by atoms with Crippen LogP contribution >= 0.6 is 0 Å². The van der Waals surface area contributed by atoms with Crippen molar-refractivity contribution in [3.05, 3.63) is 66.0 Å². The number of halogens is 2. The molecule has 0 amide bonds. The monoisotopic (exact) mass is 521 g/mol. The maximum atomic E-state index is 15.0. The molecular weight excluding hydrogens is 488 g/mol. The highest BCUT2D eigenvalue weighted by atomic mass is 19.1. The van der Waals surface area contributed by atoms with Gasteiger partial charge in [-0.15, -0.1) is 0 Å². The van der Waals surface area contributed by atoms with E-state index in [0.717, 1.165) is 49.1 Å². The fourth-order valence-corrected chi connectivity index (χ4v) is 5.25. The zero-order valence-corrected chi connectivity index (χ0v) is 22.2. The van der Waals surface area contributed by atoms with Crippen molar-refractivity contribution in [3.8, 4) is 22.8 Å². The molecule has 0 spiro atoms. The molecule has 1 fully saturated rings. The zero-order chi connectivity index (χ0) is 27.0. The van der Waals surface area contributed by atoms with Gasteiger partial charge in [-0.1, -0.05) is 12.6 Å². The lowest BCUT2D eigenvalue weighted by Gasteiger charge is -2.36. The van der Waals surface area contributed by atoms with E-state index in [-0.39, 0.29) is 29.4 Å². The van der Waals surface area contributed by atoms with Crippen LogP contribution in [0.15, 0.2) is 48.8 Å². The Labute approximate surface area is 222 Å². The Morgan fingerprint density at radius 1 is 1.13 bits per heavy atom. The number of hydrogen-bond acceptors (Lipinski definition) is 7. The van der Waals surface area contributed by atoms with E-state index in [2.05, 4.69) is 33.8 Å². The van der Waals surface area contributed by atoms with Gasteiger partial charge in [0.1, 0.15) is 18.1 Å². The second-order valence-corrected chi connectivity index (χ2v) is 10.2. The smallest absolute Gasteiger partial charge is 0.227 e. The van der Waals surface area contributed by atoms with Crippen molar-refractivity contribution in [1.82, 2.24) is 14.9 Å². The van der Waals surface area contributed by atoms with Crippen LogP contribution in [0.1, 0.15) is 38.2 Å². The van der Waals surface area contributed by atoms with E-state index in [4.69, 9.17) is 9.47 Å². The van der Waals surface area contributed by atoms with Gasteiger partial charge in [-0.05, 0) is 82.6 Å². The summed E-state index contributed by atoms with van der Waals surface area (Å²) in [6, 6.07) is 8.69. The number of anilines is 3. The summed E-state index contributed by atoms with van der Waals surface area (Å²) in [6.45, 7) is 10.5. The first-order valence-electron chi connectivity index (χ1n) is 12.8. The third-order valence-electron chi connectivity index (χ3n) is 7.19. The summed E-state index contributed by atoms with van der Waals surface area (Å²) < 4.78 is 41.5. The largest absolute Gasteiger partial charge is 0.493 e. The summed E-state index contributed by atoms with van der Waals surface area (Å²) in [5, 5.41) is 3.03. The van der Waals surface area contributed by atoms with Crippen LogP contribution in [0.5, 0.6) is 11.5 Å². The number of piperidine rings is 1. The summed E-state index contributed by atoms with van der Waals surface area (Å²) in [4.78, 5) is 12.8. The molecule has 38 heavy (non-hydrogen) atoms. The van der Waals surface area contributed by atoms with Crippen LogP contribution < -0.4 is 19.7 Å². The lowest BCUT2D eigenvalue weighted by atomic mass is 9.89. The van der Waals surface area contributed by atoms with E-state index in [0.29, 0.717) is 29.4 Å². The molecule has 1 N–H and O–H groups in total. The van der Waals surface area contributed by atoms with Crippen molar-refractivity contribution < 1.29 is 18.3 Å². The summed E-state index contributed by atoms with van der Waals surface area (Å²) in [5.74, 6) is 0.553. The molecule has 1 saturated heterocycles. The Morgan fingerprint density at radius 3 is 2.58 bits per heavy atom. The zero-order valence-electron chi connectivity index (χ0n) is 22.2. The third kappa shape index (κ3) is 5.03. The number of methoxy groups -OCH3 is 1. The number of ether oxygens (including phenoxy) is 2. The van der Waals surface area contributed by atoms with E-state index in [1.807, 2.05) is 36.9 Å². The molecule has 9 heteroatoms. The van der Waals surface area contributed by atoms with Crippen LogP contribution in [-0.2, 0) is 0 Å². The van der Waals surface area contributed by atoms with Crippen molar-refractivity contribution in [1.29, 1.82) is 0 Å². The number of hydrogen-bond donors (Lipinski definition) is 1. The second-order valence-electron chi connectivity index (χ2n) is 10.2. The van der Waals surface area contributed by atoms with E-state index >= 15 is 8.78 Å². The normalized spacial score (nSPS) is 16.4. The average Bonchev–Trinajstić information content (AvgIpc) is 2.89. The van der Waals surface area contributed by atoms with Crippen LogP contribution in [0.25, 0.3) is 11.3 Å². The Hall–Kier alpha value is -3.72. The highest BCUT2D eigenvalue weighted by molar-refractivity contribution is 5.78. The Morgan fingerprint density at radius 2 is 1.89 bits per heavy atom. The maximum absolute atomic E-state index is 15.0. The lowest BCUT2D eigenvalue weighted by Crippen LogP contribution is -2.35. The van der Waals surface area contributed by atoms with Crippen molar-refractivity contribution in [2.75, 3.05) is 44.1 Å². The predicted molar refractivity (Wildman–Crippen MR) is 145 cm³/mol. The standard InChI is InChI=1S/C29H33F2N5O2/c1-17(2)36-18(3)16-38-28-25(36)12-20(13-26(28)37-5)27-24(31)15-32-29(34-27)33-21-6-7-22(23(30)14-21)19-8-10-35(4)11-9-19/h6-7,12-15,17,19H,3,8-11,16H2,1-2,4-5H3,(H,32,33,34). The molecule has 0 atom stereocenters. The number of aromatic nitrogens is 2. The van der Waals surface area contributed by atoms with Gasteiger partial charge in [-0.25, -0.2) is 18.7 Å². The van der Waals surface area contributed by atoms with Gasteiger partial charge in [0.2, 0.25) is 5.95 Å². The molecule has 0 aliphatic carbocycles. The average molecular weight is 522 g/mol. The molecule has 2 aliphatic heterocycles. The summed E-state index contributed by atoms with van der Waals surface area (Å²) in [6.07, 6.45) is 2.97. The van der Waals surface area contributed by atoms with Gasteiger partial charge in [-0.3, -0.25) is 0 Å². The van der Waals surface area contributed by atoms with Crippen molar-refractivity contribution in [2.45, 2.75) is 38.6 Å². The molecule has 200 valence electrons. The number of nitrogens with zero attached hydrogens (tertiary/aromatic N) is 4. The first-order valence-corrected chi connectivity index (χ1v) is 12.8. The van der Waals surface area contributed by atoms with Gasteiger partial charge in [0.05, 0.1) is 19.0 Å². The number of benzene rings is 2. The fraction of sp³-hybridized carbons (Fsp3) is 0.379. The van der Waals surface area contributed by atoms with Crippen LogP contribution in [-0.4, -0.2) is 54.8 Å². The number of nitrogens with one attached hydrogen (secondary N) is 1. The molecule has 2 aliphatic rings. The second kappa shape index (κ2) is 10.6. The van der Waals surface area contributed by atoms with Gasteiger partial charge in [-0.2, -0.15) is 0 Å². The van der Waals surface area contributed by atoms with Crippen LogP contribution in [0.4, 0.5) is 26.1 Å². The van der Waals surface area contributed by atoms with Gasteiger partial charge in [0.15, 0.2) is 17.3 Å². The molecule has 2 aromatic carbocycles. The van der Waals surface area contributed by atoms with Crippen molar-refractivity contribution in [2.24, 2.45) is 0 Å². The first-order chi connectivity index (χ1) is 18.2. The minimum Gasteiger partial charge on any atom is -0.493 e. The Bertz CT molecular complexity index is 1360. The highest BCUT2D eigenvalue weighted by Gasteiger charge is 2.28. The minimum absolute atomic E-state index is 0.0897.